The molecule has 28 heavy (non-hydrogen) atoms. The van der Waals surface area contributed by atoms with Crippen LogP contribution in [0.5, 0.6) is 11.5 Å². The number of ether oxygens (including phenoxy) is 2. The zero-order chi connectivity index (χ0) is 20.1. The van der Waals surface area contributed by atoms with Crippen LogP contribution < -0.4 is 19.7 Å². The maximum absolute atomic E-state index is 12.1. The van der Waals surface area contributed by atoms with Crippen molar-refractivity contribution in [1.29, 1.82) is 0 Å². The molecule has 1 heterocycles. The second-order valence-corrected chi connectivity index (χ2v) is 7.41. The third-order valence-electron chi connectivity index (χ3n) is 5.62. The summed E-state index contributed by atoms with van der Waals surface area (Å²) in [6.07, 6.45) is 1.46. The number of quaternary nitrogens is 1. The zero-order valence-corrected chi connectivity index (χ0v) is 17.2. The first-order chi connectivity index (χ1) is 13.6. The van der Waals surface area contributed by atoms with E-state index in [0.29, 0.717) is 6.42 Å². The number of amides is 1. The summed E-state index contributed by atoms with van der Waals surface area (Å²) in [7, 11) is 3.33. The summed E-state index contributed by atoms with van der Waals surface area (Å²) in [6.45, 7) is 5.92. The average Bonchev–Trinajstić information content (AvgIpc) is 2.72. The van der Waals surface area contributed by atoms with Gasteiger partial charge < -0.3 is 19.7 Å². The van der Waals surface area contributed by atoms with Crippen molar-refractivity contribution in [2.75, 3.05) is 20.8 Å². The van der Waals surface area contributed by atoms with E-state index in [1.807, 2.05) is 13.0 Å². The van der Waals surface area contributed by atoms with Crippen molar-refractivity contribution in [3.8, 4) is 11.5 Å². The number of fused-ring (bicyclic) bond motifs is 1. The topological polar surface area (TPSA) is 52.0 Å². The first kappa shape index (κ1) is 20.2. The first-order valence-corrected chi connectivity index (χ1v) is 10.00. The van der Waals surface area contributed by atoms with E-state index >= 15 is 0 Å². The van der Waals surface area contributed by atoms with Crippen LogP contribution >= 0.6 is 0 Å². The molecular weight excluding hydrogens is 352 g/mol. The third-order valence-corrected chi connectivity index (χ3v) is 5.62. The normalized spacial score (nSPS) is 19.4. The molecule has 0 fully saturated rings. The van der Waals surface area contributed by atoms with Crippen LogP contribution in [-0.2, 0) is 17.8 Å². The van der Waals surface area contributed by atoms with Crippen LogP contribution in [0.1, 0.15) is 43.0 Å². The Bertz CT molecular complexity index is 807. The molecule has 0 saturated carbocycles. The third kappa shape index (κ3) is 4.30. The molecule has 5 heteroatoms. The van der Waals surface area contributed by atoms with Gasteiger partial charge in [0.05, 0.1) is 26.8 Å². The summed E-state index contributed by atoms with van der Waals surface area (Å²) >= 11 is 0. The maximum Gasteiger partial charge on any atom is 0.220 e. The second-order valence-electron chi connectivity index (χ2n) is 7.41. The molecule has 2 aromatic rings. The van der Waals surface area contributed by atoms with Crippen LogP contribution in [-0.4, -0.2) is 32.7 Å². The Labute approximate surface area is 167 Å². The summed E-state index contributed by atoms with van der Waals surface area (Å²) in [6, 6.07) is 14.9. The Kier molecular flexibility index (Phi) is 6.57. The molecule has 2 N–H and O–H groups in total. The number of methoxy groups -OCH3 is 2. The number of hydrogen-bond donors (Lipinski definition) is 2. The lowest BCUT2D eigenvalue weighted by molar-refractivity contribution is -0.948. The van der Waals surface area contributed by atoms with Crippen LogP contribution in [0.25, 0.3) is 0 Å². The van der Waals surface area contributed by atoms with Gasteiger partial charge in [0.15, 0.2) is 11.5 Å². The number of carbonyl (C=O) groups is 1. The minimum absolute atomic E-state index is 0.0170. The maximum atomic E-state index is 12.1. The van der Waals surface area contributed by atoms with Crippen molar-refractivity contribution in [3.05, 3.63) is 59.2 Å². The fraction of sp³-hybridized carbons (Fsp3) is 0.435. The highest BCUT2D eigenvalue weighted by Gasteiger charge is 2.37. The molecule has 1 unspecified atom stereocenters. The van der Waals surface area contributed by atoms with Gasteiger partial charge in [-0.2, -0.15) is 0 Å². The van der Waals surface area contributed by atoms with Gasteiger partial charge in [0.25, 0.3) is 0 Å². The fourth-order valence-electron chi connectivity index (χ4n) is 4.23. The number of benzene rings is 2. The van der Waals surface area contributed by atoms with Gasteiger partial charge in [0.2, 0.25) is 5.91 Å². The Morgan fingerprint density at radius 2 is 1.86 bits per heavy atom. The van der Waals surface area contributed by atoms with E-state index in [0.717, 1.165) is 31.0 Å². The lowest BCUT2D eigenvalue weighted by Gasteiger charge is -2.38. The Morgan fingerprint density at radius 3 is 2.50 bits per heavy atom. The summed E-state index contributed by atoms with van der Waals surface area (Å²) in [5.74, 6) is 1.58. The Morgan fingerprint density at radius 1 is 1.18 bits per heavy atom. The van der Waals surface area contributed by atoms with E-state index in [1.54, 1.807) is 14.2 Å². The zero-order valence-electron chi connectivity index (χ0n) is 17.2. The van der Waals surface area contributed by atoms with Crippen molar-refractivity contribution >= 4 is 5.91 Å². The number of hydrogen-bond acceptors (Lipinski definition) is 3. The number of rotatable bonds is 7. The SMILES string of the molecule is CCC(=O)N[C@H](C)[C@H]1c2cc(OC)c(OC)cc2CC[NH+]1Cc1ccccc1. The van der Waals surface area contributed by atoms with Crippen molar-refractivity contribution in [1.82, 2.24) is 5.32 Å². The van der Waals surface area contributed by atoms with Crippen LogP contribution in [0, 0.1) is 0 Å². The molecule has 0 aliphatic carbocycles. The minimum Gasteiger partial charge on any atom is -0.493 e. The van der Waals surface area contributed by atoms with Gasteiger partial charge in [-0.3, -0.25) is 4.79 Å². The molecule has 0 saturated heterocycles. The lowest BCUT2D eigenvalue weighted by atomic mass is 9.87. The summed E-state index contributed by atoms with van der Waals surface area (Å²) in [5.41, 5.74) is 3.82. The van der Waals surface area contributed by atoms with Crippen molar-refractivity contribution in [2.24, 2.45) is 0 Å². The van der Waals surface area contributed by atoms with E-state index < -0.39 is 0 Å². The average molecular weight is 384 g/mol. The van der Waals surface area contributed by atoms with Gasteiger partial charge >= 0.3 is 0 Å². The first-order valence-electron chi connectivity index (χ1n) is 10.00. The molecular formula is C23H31N2O3+. The smallest absolute Gasteiger partial charge is 0.220 e. The molecule has 1 amide bonds. The summed E-state index contributed by atoms with van der Waals surface area (Å²) < 4.78 is 11.1. The van der Waals surface area contributed by atoms with Crippen molar-refractivity contribution in [2.45, 2.75) is 45.3 Å². The molecule has 5 nitrogen and oxygen atoms in total. The predicted molar refractivity (Wildman–Crippen MR) is 110 cm³/mol. The van der Waals surface area contributed by atoms with Crippen molar-refractivity contribution < 1.29 is 19.2 Å². The highest BCUT2D eigenvalue weighted by molar-refractivity contribution is 5.75. The Balaban J connectivity index is 1.99. The quantitative estimate of drug-likeness (QED) is 0.771. The number of nitrogens with one attached hydrogen (secondary N) is 2. The molecule has 150 valence electrons. The molecule has 2 aromatic carbocycles. The standard InChI is InChI=1S/C23H30N2O3/c1-5-22(26)24-16(2)23-19-14-21(28-4)20(27-3)13-18(19)11-12-25(23)15-17-9-7-6-8-10-17/h6-10,13-14,16,23H,5,11-12,15H2,1-4H3,(H,24,26)/p+1/t16-,23+/m1/s1. The number of carbonyl (C=O) groups excluding carboxylic acids is 1. The van der Waals surface area contributed by atoms with Gasteiger partial charge in [-0.15, -0.1) is 0 Å². The van der Waals surface area contributed by atoms with E-state index in [2.05, 4.69) is 48.6 Å². The second kappa shape index (κ2) is 9.11. The van der Waals surface area contributed by atoms with Gasteiger partial charge in [-0.05, 0) is 24.6 Å². The van der Waals surface area contributed by atoms with Gasteiger partial charge in [0, 0.05) is 24.0 Å². The highest BCUT2D eigenvalue weighted by atomic mass is 16.5. The van der Waals surface area contributed by atoms with Gasteiger partial charge in [-0.25, -0.2) is 0 Å². The molecule has 0 spiro atoms. The predicted octanol–water partition coefficient (Wildman–Crippen LogP) is 2.30. The van der Waals surface area contributed by atoms with Gasteiger partial charge in [-0.1, -0.05) is 37.3 Å². The van der Waals surface area contributed by atoms with Crippen LogP contribution in [0.15, 0.2) is 42.5 Å². The summed E-state index contributed by atoms with van der Waals surface area (Å²) in [5, 5.41) is 3.19. The van der Waals surface area contributed by atoms with Crippen molar-refractivity contribution in [3.63, 3.8) is 0 Å². The van der Waals surface area contributed by atoms with E-state index in [-0.39, 0.29) is 18.0 Å². The molecule has 1 aliphatic rings. The minimum atomic E-state index is 0.0170. The molecule has 0 radical (unpaired) electrons. The lowest BCUT2D eigenvalue weighted by Crippen LogP contribution is -3.13. The largest absolute Gasteiger partial charge is 0.493 e. The molecule has 3 atom stereocenters. The van der Waals surface area contributed by atoms with Crippen LogP contribution in [0.3, 0.4) is 0 Å². The van der Waals surface area contributed by atoms with E-state index in [9.17, 15) is 4.79 Å². The molecule has 3 rings (SSSR count). The molecule has 0 bridgehead atoms. The van der Waals surface area contributed by atoms with Crippen LogP contribution in [0.4, 0.5) is 0 Å². The molecule has 0 aromatic heterocycles. The van der Waals surface area contributed by atoms with Crippen LogP contribution in [0.2, 0.25) is 0 Å². The highest BCUT2D eigenvalue weighted by Crippen LogP contribution is 2.35. The molecule has 1 aliphatic heterocycles. The van der Waals surface area contributed by atoms with E-state index in [1.165, 1.54) is 21.6 Å². The van der Waals surface area contributed by atoms with Gasteiger partial charge in [0.1, 0.15) is 12.6 Å². The van der Waals surface area contributed by atoms with E-state index in [4.69, 9.17) is 9.47 Å². The fourth-order valence-corrected chi connectivity index (χ4v) is 4.23. The monoisotopic (exact) mass is 383 g/mol. The summed E-state index contributed by atoms with van der Waals surface area (Å²) in [4.78, 5) is 13.6. The Hall–Kier alpha value is -2.53.